The van der Waals surface area contributed by atoms with Crippen LogP contribution in [-0.2, 0) is 14.3 Å². The third-order valence-electron chi connectivity index (χ3n) is 6.35. The van der Waals surface area contributed by atoms with E-state index in [1.54, 1.807) is 0 Å². The van der Waals surface area contributed by atoms with Crippen molar-refractivity contribution in [2.45, 2.75) is 109 Å². The number of unbranched alkanes of at least 4 members (excludes halogenated alkanes) is 3. The van der Waals surface area contributed by atoms with Gasteiger partial charge in [0.2, 0.25) is 0 Å². The van der Waals surface area contributed by atoms with Crippen LogP contribution in [0.2, 0.25) is 0 Å². The standard InChI is InChI=1S/C25H42O6/c1-2-3-6-11-19(26)15-16-21-20(12-7-4-5-8-13-24(28)29)22(27)18-23(21)31-25-14-9-10-17-30-25/h4,7,15-16,19-23,25-27H,2-3,5-6,8-14,17-18H2,1H3,(H,28,29)/b7-4-,16-15+/t19?,20-,21-,22+,23-,25?/m1/s1. The lowest BCUT2D eigenvalue weighted by molar-refractivity contribution is -0.193. The molecule has 3 N–H and O–H groups in total. The van der Waals surface area contributed by atoms with Gasteiger partial charge >= 0.3 is 5.97 Å². The molecule has 0 radical (unpaired) electrons. The first-order valence-corrected chi connectivity index (χ1v) is 12.2. The van der Waals surface area contributed by atoms with Crippen LogP contribution in [0.4, 0.5) is 0 Å². The fraction of sp³-hybridized carbons (Fsp3) is 0.800. The van der Waals surface area contributed by atoms with Gasteiger partial charge in [-0.3, -0.25) is 4.79 Å². The summed E-state index contributed by atoms with van der Waals surface area (Å²) in [5.74, 6) is -0.735. The van der Waals surface area contributed by atoms with Crippen molar-refractivity contribution in [2.75, 3.05) is 6.61 Å². The largest absolute Gasteiger partial charge is 0.481 e. The first-order valence-electron chi connectivity index (χ1n) is 12.2. The summed E-state index contributed by atoms with van der Waals surface area (Å²) in [5.41, 5.74) is 0. The predicted octanol–water partition coefficient (Wildman–Crippen LogP) is 4.59. The quantitative estimate of drug-likeness (QED) is 0.271. The Kier molecular flexibility index (Phi) is 12.4. The van der Waals surface area contributed by atoms with Crippen molar-refractivity contribution in [3.63, 3.8) is 0 Å². The van der Waals surface area contributed by atoms with E-state index >= 15 is 0 Å². The van der Waals surface area contributed by atoms with Crippen LogP contribution in [0.15, 0.2) is 24.3 Å². The molecule has 0 aromatic rings. The number of aliphatic hydroxyl groups is 2. The molecule has 2 unspecified atom stereocenters. The molecule has 2 fully saturated rings. The van der Waals surface area contributed by atoms with Gasteiger partial charge in [-0.25, -0.2) is 0 Å². The summed E-state index contributed by atoms with van der Waals surface area (Å²) >= 11 is 0. The second-order valence-corrected chi connectivity index (χ2v) is 8.96. The first-order chi connectivity index (χ1) is 15.0. The Morgan fingerprint density at radius 2 is 2.06 bits per heavy atom. The summed E-state index contributed by atoms with van der Waals surface area (Å²) in [6, 6.07) is 0. The number of hydrogen-bond acceptors (Lipinski definition) is 5. The highest BCUT2D eigenvalue weighted by Gasteiger charge is 2.42. The van der Waals surface area contributed by atoms with Gasteiger partial charge in [-0.2, -0.15) is 0 Å². The Hall–Kier alpha value is -1.21. The number of carbonyl (C=O) groups is 1. The van der Waals surface area contributed by atoms with E-state index in [-0.39, 0.29) is 30.7 Å². The molecule has 31 heavy (non-hydrogen) atoms. The molecule has 0 amide bonds. The monoisotopic (exact) mass is 438 g/mol. The molecule has 6 heteroatoms. The van der Waals surface area contributed by atoms with Crippen LogP contribution < -0.4 is 0 Å². The molecule has 178 valence electrons. The van der Waals surface area contributed by atoms with E-state index < -0.39 is 18.2 Å². The topological polar surface area (TPSA) is 96.2 Å². The number of carboxylic acids is 1. The average Bonchev–Trinajstić information content (AvgIpc) is 3.03. The molecule has 0 aromatic heterocycles. The third kappa shape index (κ3) is 9.85. The van der Waals surface area contributed by atoms with Crippen LogP contribution in [0.5, 0.6) is 0 Å². The molecule has 0 spiro atoms. The van der Waals surface area contributed by atoms with Gasteiger partial charge in [0.15, 0.2) is 6.29 Å². The molecule has 1 saturated heterocycles. The molecule has 0 aromatic carbocycles. The molecule has 6 nitrogen and oxygen atoms in total. The van der Waals surface area contributed by atoms with Crippen molar-refractivity contribution in [1.82, 2.24) is 0 Å². The SMILES string of the molecule is CCCCCC(O)/C=C/[C@@H]1[C@@H](C/C=C\CCCC(=O)O)[C@@H](O)C[C@H]1OC1CCCCO1. The molecule has 1 aliphatic heterocycles. The normalized spacial score (nSPS) is 30.4. The third-order valence-corrected chi connectivity index (χ3v) is 6.35. The number of ether oxygens (including phenoxy) is 2. The molecule has 2 aliphatic rings. The minimum Gasteiger partial charge on any atom is -0.481 e. The first kappa shape index (κ1) is 26.0. The summed E-state index contributed by atoms with van der Waals surface area (Å²) in [6.07, 6.45) is 16.6. The van der Waals surface area contributed by atoms with Crippen molar-refractivity contribution in [3.8, 4) is 0 Å². The van der Waals surface area contributed by atoms with Crippen LogP contribution in [0.3, 0.4) is 0 Å². The number of allylic oxidation sites excluding steroid dienone is 2. The lowest BCUT2D eigenvalue weighted by atomic mass is 9.89. The van der Waals surface area contributed by atoms with Gasteiger partial charge in [-0.05, 0) is 50.9 Å². The molecule has 1 heterocycles. The number of rotatable bonds is 14. The van der Waals surface area contributed by atoms with E-state index in [1.165, 1.54) is 0 Å². The Balaban J connectivity index is 1.96. The predicted molar refractivity (Wildman–Crippen MR) is 121 cm³/mol. The molecule has 1 saturated carbocycles. The summed E-state index contributed by atoms with van der Waals surface area (Å²) in [4.78, 5) is 10.6. The zero-order chi connectivity index (χ0) is 22.5. The van der Waals surface area contributed by atoms with Crippen molar-refractivity contribution in [1.29, 1.82) is 0 Å². The van der Waals surface area contributed by atoms with Gasteiger partial charge in [0, 0.05) is 25.4 Å². The Morgan fingerprint density at radius 3 is 2.77 bits per heavy atom. The maximum absolute atomic E-state index is 10.7. The van der Waals surface area contributed by atoms with Crippen LogP contribution in [0.25, 0.3) is 0 Å². The Morgan fingerprint density at radius 1 is 1.23 bits per heavy atom. The smallest absolute Gasteiger partial charge is 0.303 e. The minimum atomic E-state index is -0.771. The van der Waals surface area contributed by atoms with Crippen molar-refractivity contribution < 1.29 is 29.6 Å². The van der Waals surface area contributed by atoms with Crippen molar-refractivity contribution in [2.24, 2.45) is 11.8 Å². The van der Waals surface area contributed by atoms with Gasteiger partial charge in [-0.1, -0.05) is 50.5 Å². The second-order valence-electron chi connectivity index (χ2n) is 8.96. The summed E-state index contributed by atoms with van der Waals surface area (Å²) in [7, 11) is 0. The molecular weight excluding hydrogens is 396 g/mol. The Bertz CT molecular complexity index is 554. The molecule has 2 rings (SSSR count). The molecule has 1 aliphatic carbocycles. The van der Waals surface area contributed by atoms with Crippen LogP contribution in [-0.4, -0.2) is 52.5 Å². The van der Waals surface area contributed by atoms with Crippen LogP contribution >= 0.6 is 0 Å². The second kappa shape index (κ2) is 14.8. The van der Waals surface area contributed by atoms with Gasteiger partial charge in [-0.15, -0.1) is 0 Å². The highest BCUT2D eigenvalue weighted by atomic mass is 16.7. The van der Waals surface area contributed by atoms with E-state index in [2.05, 4.69) is 6.92 Å². The maximum Gasteiger partial charge on any atom is 0.303 e. The van der Waals surface area contributed by atoms with Crippen molar-refractivity contribution in [3.05, 3.63) is 24.3 Å². The maximum atomic E-state index is 10.7. The zero-order valence-corrected chi connectivity index (χ0v) is 19.0. The minimum absolute atomic E-state index is 0.0170. The van der Waals surface area contributed by atoms with E-state index in [1.807, 2.05) is 24.3 Å². The van der Waals surface area contributed by atoms with Gasteiger partial charge < -0.3 is 24.8 Å². The van der Waals surface area contributed by atoms with Crippen LogP contribution in [0, 0.1) is 11.8 Å². The highest BCUT2D eigenvalue weighted by Crippen LogP contribution is 2.39. The van der Waals surface area contributed by atoms with E-state index in [0.717, 1.165) is 58.0 Å². The van der Waals surface area contributed by atoms with E-state index in [4.69, 9.17) is 14.6 Å². The average molecular weight is 439 g/mol. The van der Waals surface area contributed by atoms with Crippen molar-refractivity contribution >= 4 is 5.97 Å². The van der Waals surface area contributed by atoms with E-state index in [0.29, 0.717) is 19.3 Å². The highest BCUT2D eigenvalue weighted by molar-refractivity contribution is 5.66. The lowest BCUT2D eigenvalue weighted by Crippen LogP contribution is -2.30. The van der Waals surface area contributed by atoms with Gasteiger partial charge in [0.05, 0.1) is 18.3 Å². The zero-order valence-electron chi connectivity index (χ0n) is 19.0. The van der Waals surface area contributed by atoms with Gasteiger partial charge in [0.25, 0.3) is 0 Å². The van der Waals surface area contributed by atoms with Gasteiger partial charge in [0.1, 0.15) is 0 Å². The van der Waals surface area contributed by atoms with E-state index in [9.17, 15) is 15.0 Å². The number of carboxylic acid groups (broad SMARTS) is 1. The molecular formula is C25H42O6. The molecule has 0 bridgehead atoms. The molecule has 6 atom stereocenters. The lowest BCUT2D eigenvalue weighted by Gasteiger charge is -2.29. The number of aliphatic carboxylic acids is 1. The Labute approximate surface area is 187 Å². The van der Waals surface area contributed by atoms with Crippen LogP contribution in [0.1, 0.15) is 84.0 Å². The summed E-state index contributed by atoms with van der Waals surface area (Å²) in [5, 5.41) is 29.8. The number of aliphatic hydroxyl groups excluding tert-OH is 2. The fourth-order valence-corrected chi connectivity index (χ4v) is 4.54. The summed E-state index contributed by atoms with van der Waals surface area (Å²) in [6.45, 7) is 2.87. The summed E-state index contributed by atoms with van der Waals surface area (Å²) < 4.78 is 12.0. The fourth-order valence-electron chi connectivity index (χ4n) is 4.54. The number of hydrogen-bond donors (Lipinski definition) is 3.